The summed E-state index contributed by atoms with van der Waals surface area (Å²) in [5.41, 5.74) is 0.318. The fourth-order valence-electron chi connectivity index (χ4n) is 3.49. The first kappa shape index (κ1) is 22.6. The summed E-state index contributed by atoms with van der Waals surface area (Å²) in [6, 6.07) is 13.3. The molecule has 0 saturated heterocycles. The standard InChI is InChI=1S/C24H24F3N5O/c1-15(16-8-7-9-17(12-16)31-10-5-6-11-31)28-22(33)18-13-21-29-19(23(2,3)4)14-20(24(25,26)27)32(21)30-18/h5-15H,1-4H3,(H,28,33). The lowest BCUT2D eigenvalue weighted by Crippen LogP contribution is -2.27. The highest BCUT2D eigenvalue weighted by atomic mass is 19.4. The van der Waals surface area contributed by atoms with Gasteiger partial charge in [-0.15, -0.1) is 0 Å². The second-order valence-corrected chi connectivity index (χ2v) is 8.95. The Morgan fingerprint density at radius 3 is 2.36 bits per heavy atom. The molecule has 0 aliphatic rings. The first-order valence-corrected chi connectivity index (χ1v) is 10.5. The van der Waals surface area contributed by atoms with Gasteiger partial charge in [-0.2, -0.15) is 18.3 Å². The summed E-state index contributed by atoms with van der Waals surface area (Å²) in [7, 11) is 0. The van der Waals surface area contributed by atoms with Crippen LogP contribution in [-0.4, -0.2) is 25.1 Å². The zero-order valence-electron chi connectivity index (χ0n) is 18.7. The fraction of sp³-hybridized carbons (Fsp3) is 0.292. The second kappa shape index (κ2) is 8.06. The molecule has 1 unspecified atom stereocenters. The number of benzene rings is 1. The van der Waals surface area contributed by atoms with E-state index in [0.717, 1.165) is 17.3 Å². The molecule has 0 aliphatic heterocycles. The topological polar surface area (TPSA) is 64.2 Å². The number of aromatic nitrogens is 4. The first-order chi connectivity index (χ1) is 15.4. The minimum Gasteiger partial charge on any atom is -0.344 e. The molecule has 172 valence electrons. The van der Waals surface area contributed by atoms with Crippen molar-refractivity contribution in [1.29, 1.82) is 0 Å². The van der Waals surface area contributed by atoms with E-state index in [1.807, 2.05) is 53.4 Å². The van der Waals surface area contributed by atoms with E-state index in [-0.39, 0.29) is 17.0 Å². The molecule has 6 nitrogen and oxygen atoms in total. The van der Waals surface area contributed by atoms with E-state index >= 15 is 0 Å². The van der Waals surface area contributed by atoms with Gasteiger partial charge >= 0.3 is 6.18 Å². The van der Waals surface area contributed by atoms with Crippen LogP contribution < -0.4 is 5.32 Å². The van der Waals surface area contributed by atoms with Crippen molar-refractivity contribution in [3.05, 3.63) is 83.6 Å². The Hall–Kier alpha value is -3.62. The molecule has 0 aliphatic carbocycles. The third-order valence-electron chi connectivity index (χ3n) is 5.34. The molecule has 3 aromatic heterocycles. The predicted molar refractivity (Wildman–Crippen MR) is 118 cm³/mol. The van der Waals surface area contributed by atoms with Crippen molar-refractivity contribution in [2.45, 2.75) is 45.3 Å². The number of carbonyl (C=O) groups is 1. The van der Waals surface area contributed by atoms with Gasteiger partial charge in [0.2, 0.25) is 0 Å². The molecule has 1 aromatic carbocycles. The van der Waals surface area contributed by atoms with Gasteiger partial charge in [-0.3, -0.25) is 4.79 Å². The lowest BCUT2D eigenvalue weighted by Gasteiger charge is -2.19. The number of fused-ring (bicyclic) bond motifs is 1. The summed E-state index contributed by atoms with van der Waals surface area (Å²) >= 11 is 0. The molecule has 4 aromatic rings. The molecular formula is C24H24F3N5O. The van der Waals surface area contributed by atoms with Crippen molar-refractivity contribution < 1.29 is 18.0 Å². The third kappa shape index (κ3) is 4.62. The van der Waals surface area contributed by atoms with Crippen LogP contribution >= 0.6 is 0 Å². The molecule has 0 spiro atoms. The smallest absolute Gasteiger partial charge is 0.344 e. The fourth-order valence-corrected chi connectivity index (χ4v) is 3.49. The van der Waals surface area contributed by atoms with Crippen LogP contribution in [0.15, 0.2) is 60.9 Å². The predicted octanol–water partition coefficient (Wildman–Crippen LogP) is 5.33. The molecule has 33 heavy (non-hydrogen) atoms. The number of rotatable bonds is 4. The molecule has 0 fully saturated rings. The largest absolute Gasteiger partial charge is 0.433 e. The van der Waals surface area contributed by atoms with Gasteiger partial charge in [-0.05, 0) is 42.8 Å². The molecule has 4 rings (SSSR count). The van der Waals surface area contributed by atoms with Crippen molar-refractivity contribution in [3.63, 3.8) is 0 Å². The van der Waals surface area contributed by atoms with Gasteiger partial charge in [0, 0.05) is 29.6 Å². The maximum atomic E-state index is 13.7. The summed E-state index contributed by atoms with van der Waals surface area (Å²) < 4.78 is 43.7. The van der Waals surface area contributed by atoms with Crippen LogP contribution in [0, 0.1) is 0 Å². The van der Waals surface area contributed by atoms with Crippen LogP contribution in [0.1, 0.15) is 61.2 Å². The molecule has 1 N–H and O–H groups in total. The lowest BCUT2D eigenvalue weighted by molar-refractivity contribution is -0.142. The van der Waals surface area contributed by atoms with E-state index in [9.17, 15) is 18.0 Å². The molecule has 9 heteroatoms. The quantitative estimate of drug-likeness (QED) is 0.453. The van der Waals surface area contributed by atoms with E-state index in [2.05, 4.69) is 15.4 Å². The Morgan fingerprint density at radius 2 is 1.73 bits per heavy atom. The maximum absolute atomic E-state index is 13.7. The van der Waals surface area contributed by atoms with Gasteiger partial charge in [0.05, 0.1) is 11.7 Å². The molecule has 0 bridgehead atoms. The van der Waals surface area contributed by atoms with Crippen LogP contribution in [0.4, 0.5) is 13.2 Å². The van der Waals surface area contributed by atoms with Crippen LogP contribution in [0.2, 0.25) is 0 Å². The zero-order chi connectivity index (χ0) is 24.0. The monoisotopic (exact) mass is 455 g/mol. The number of carbonyl (C=O) groups excluding carboxylic acids is 1. The SMILES string of the molecule is CC(NC(=O)c1cc2nc(C(C)(C)C)cc(C(F)(F)F)n2n1)c1cccc(-n2cccc2)c1. The maximum Gasteiger partial charge on any atom is 0.433 e. The number of nitrogens with zero attached hydrogens (tertiary/aromatic N) is 4. The van der Waals surface area contributed by atoms with Crippen LogP contribution in [-0.2, 0) is 11.6 Å². The molecule has 1 amide bonds. The van der Waals surface area contributed by atoms with Crippen molar-refractivity contribution in [3.8, 4) is 5.69 Å². The van der Waals surface area contributed by atoms with E-state index in [1.165, 1.54) is 6.07 Å². The summed E-state index contributed by atoms with van der Waals surface area (Å²) in [5.74, 6) is -0.579. The normalized spacial score (nSPS) is 13.3. The van der Waals surface area contributed by atoms with Crippen molar-refractivity contribution in [2.24, 2.45) is 0 Å². The Morgan fingerprint density at radius 1 is 1.03 bits per heavy atom. The number of amides is 1. The minimum atomic E-state index is -4.65. The highest BCUT2D eigenvalue weighted by Gasteiger charge is 2.36. The van der Waals surface area contributed by atoms with Gasteiger partial charge in [-0.25, -0.2) is 9.50 Å². The average molecular weight is 455 g/mol. The van der Waals surface area contributed by atoms with Crippen LogP contribution in [0.5, 0.6) is 0 Å². The highest BCUT2D eigenvalue weighted by molar-refractivity contribution is 5.93. The summed E-state index contributed by atoms with van der Waals surface area (Å²) in [4.78, 5) is 17.2. The van der Waals surface area contributed by atoms with Crippen LogP contribution in [0.25, 0.3) is 11.3 Å². The number of halogens is 3. The first-order valence-electron chi connectivity index (χ1n) is 10.5. The number of alkyl halides is 3. The Bertz CT molecular complexity index is 1300. The summed E-state index contributed by atoms with van der Waals surface area (Å²) in [6.07, 6.45) is -0.820. The molecule has 0 radical (unpaired) electrons. The van der Waals surface area contributed by atoms with E-state index in [4.69, 9.17) is 0 Å². The van der Waals surface area contributed by atoms with E-state index in [1.54, 1.807) is 27.7 Å². The highest BCUT2D eigenvalue weighted by Crippen LogP contribution is 2.32. The number of hydrogen-bond donors (Lipinski definition) is 1. The minimum absolute atomic E-state index is 0.0258. The lowest BCUT2D eigenvalue weighted by atomic mass is 9.91. The van der Waals surface area contributed by atoms with Crippen molar-refractivity contribution in [1.82, 2.24) is 24.5 Å². The second-order valence-electron chi connectivity index (χ2n) is 8.95. The van der Waals surface area contributed by atoms with E-state index < -0.39 is 29.2 Å². The van der Waals surface area contributed by atoms with Gasteiger partial charge in [0.15, 0.2) is 11.3 Å². The Kier molecular flexibility index (Phi) is 5.51. The number of nitrogens with one attached hydrogen (secondary N) is 1. The van der Waals surface area contributed by atoms with Gasteiger partial charge < -0.3 is 9.88 Å². The van der Waals surface area contributed by atoms with Gasteiger partial charge in [0.25, 0.3) is 5.91 Å². The zero-order valence-corrected chi connectivity index (χ0v) is 18.7. The molecular weight excluding hydrogens is 431 g/mol. The van der Waals surface area contributed by atoms with Gasteiger partial charge in [-0.1, -0.05) is 32.9 Å². The summed E-state index contributed by atoms with van der Waals surface area (Å²) in [6.45, 7) is 7.14. The third-order valence-corrected chi connectivity index (χ3v) is 5.34. The molecule has 1 atom stereocenters. The Balaban J connectivity index is 1.64. The van der Waals surface area contributed by atoms with Crippen LogP contribution in [0.3, 0.4) is 0 Å². The van der Waals surface area contributed by atoms with Gasteiger partial charge in [0.1, 0.15) is 5.69 Å². The van der Waals surface area contributed by atoms with Crippen molar-refractivity contribution >= 4 is 11.6 Å². The number of hydrogen-bond acceptors (Lipinski definition) is 3. The van der Waals surface area contributed by atoms with E-state index in [0.29, 0.717) is 4.52 Å². The Labute approximate surface area is 189 Å². The molecule has 3 heterocycles. The summed E-state index contributed by atoms with van der Waals surface area (Å²) in [5, 5.41) is 6.74. The average Bonchev–Trinajstić information content (AvgIpc) is 3.41. The van der Waals surface area contributed by atoms with Crippen molar-refractivity contribution in [2.75, 3.05) is 0 Å². The molecule has 0 saturated carbocycles.